The molecule has 0 aliphatic heterocycles. The fourth-order valence-corrected chi connectivity index (χ4v) is 2.75. The Balaban J connectivity index is 2.52. The summed E-state index contributed by atoms with van der Waals surface area (Å²) in [7, 11) is 3.50. The Kier molecular flexibility index (Phi) is 7.57. The van der Waals surface area contributed by atoms with Crippen LogP contribution in [0.15, 0.2) is 31.2 Å². The summed E-state index contributed by atoms with van der Waals surface area (Å²) in [6, 6.07) is 2.20. The van der Waals surface area contributed by atoms with Crippen LogP contribution in [0.1, 0.15) is 35.8 Å². The molecule has 0 radical (unpaired) electrons. The van der Waals surface area contributed by atoms with Crippen molar-refractivity contribution in [2.24, 2.45) is 0 Å². The fourth-order valence-electron chi connectivity index (χ4n) is 2.75. The van der Waals surface area contributed by atoms with E-state index >= 15 is 0 Å². The highest BCUT2D eigenvalue weighted by atomic mass is 16.5. The SMILES string of the molecule is C=CN(C)c1nc(Oc2cncc(C)c2)n(CCC)c1C(=O)N(C)CCCO. The lowest BCUT2D eigenvalue weighted by molar-refractivity contribution is 0.0775. The lowest BCUT2D eigenvalue weighted by atomic mass is 10.3. The van der Waals surface area contributed by atoms with Crippen LogP contribution in [0.3, 0.4) is 0 Å². The molecule has 2 rings (SSSR count). The van der Waals surface area contributed by atoms with Crippen molar-refractivity contribution in [1.82, 2.24) is 19.4 Å². The van der Waals surface area contributed by atoms with E-state index in [0.29, 0.717) is 42.8 Å². The normalized spacial score (nSPS) is 10.6. The summed E-state index contributed by atoms with van der Waals surface area (Å²) in [5, 5.41) is 9.07. The van der Waals surface area contributed by atoms with Crippen molar-refractivity contribution in [2.45, 2.75) is 33.2 Å². The number of nitrogens with zero attached hydrogens (tertiary/aromatic N) is 5. The zero-order chi connectivity index (χ0) is 20.7. The predicted octanol–water partition coefficient (Wildman–Crippen LogP) is 2.82. The highest BCUT2D eigenvalue weighted by Gasteiger charge is 2.28. The Morgan fingerprint density at radius 1 is 1.39 bits per heavy atom. The van der Waals surface area contributed by atoms with Crippen LogP contribution >= 0.6 is 0 Å². The molecule has 2 aromatic rings. The molecule has 0 aliphatic carbocycles. The monoisotopic (exact) mass is 387 g/mol. The maximum absolute atomic E-state index is 13.2. The highest BCUT2D eigenvalue weighted by Crippen LogP contribution is 2.30. The van der Waals surface area contributed by atoms with Gasteiger partial charge in [0, 0.05) is 40.0 Å². The molecule has 0 saturated heterocycles. The van der Waals surface area contributed by atoms with Gasteiger partial charge in [0.25, 0.3) is 5.91 Å². The van der Waals surface area contributed by atoms with Crippen molar-refractivity contribution in [3.63, 3.8) is 0 Å². The average molecular weight is 387 g/mol. The number of rotatable bonds is 10. The number of aromatic nitrogens is 3. The number of amides is 1. The minimum Gasteiger partial charge on any atom is -0.424 e. The van der Waals surface area contributed by atoms with Gasteiger partial charge < -0.3 is 19.6 Å². The van der Waals surface area contributed by atoms with Crippen molar-refractivity contribution in [1.29, 1.82) is 0 Å². The summed E-state index contributed by atoms with van der Waals surface area (Å²) in [6.45, 7) is 8.78. The standard InChI is InChI=1S/C20H29N5O3/c1-6-9-25-17(19(27)24(5)10-8-11-26)18(23(4)7-2)22-20(25)28-16-12-15(3)13-21-14-16/h7,12-14,26H,2,6,8-11H2,1,3-5H3. The Morgan fingerprint density at radius 2 is 2.14 bits per heavy atom. The molecule has 0 fully saturated rings. The van der Waals surface area contributed by atoms with Crippen molar-refractivity contribution in [2.75, 3.05) is 32.1 Å². The third kappa shape index (κ3) is 4.89. The molecular weight excluding hydrogens is 358 g/mol. The van der Waals surface area contributed by atoms with Gasteiger partial charge in [-0.15, -0.1) is 0 Å². The molecule has 28 heavy (non-hydrogen) atoms. The first kappa shape index (κ1) is 21.4. The number of imidazole rings is 1. The van der Waals surface area contributed by atoms with E-state index in [1.165, 1.54) is 0 Å². The quantitative estimate of drug-likeness (QED) is 0.675. The van der Waals surface area contributed by atoms with Gasteiger partial charge in [-0.1, -0.05) is 13.5 Å². The van der Waals surface area contributed by atoms with E-state index in [0.717, 1.165) is 12.0 Å². The average Bonchev–Trinajstić information content (AvgIpc) is 3.03. The van der Waals surface area contributed by atoms with E-state index in [9.17, 15) is 4.79 Å². The second-order valence-electron chi connectivity index (χ2n) is 6.62. The first-order chi connectivity index (χ1) is 13.4. The van der Waals surface area contributed by atoms with Crippen molar-refractivity contribution in [3.8, 4) is 11.8 Å². The van der Waals surface area contributed by atoms with E-state index in [1.54, 1.807) is 47.1 Å². The zero-order valence-corrected chi connectivity index (χ0v) is 17.1. The number of aliphatic hydroxyl groups is 1. The molecule has 8 heteroatoms. The van der Waals surface area contributed by atoms with Crippen LogP contribution in [0, 0.1) is 6.92 Å². The van der Waals surface area contributed by atoms with Gasteiger partial charge in [-0.25, -0.2) is 0 Å². The predicted molar refractivity (Wildman–Crippen MR) is 109 cm³/mol. The number of aryl methyl sites for hydroxylation is 1. The fraction of sp³-hybridized carbons (Fsp3) is 0.450. The summed E-state index contributed by atoms with van der Waals surface area (Å²) in [6.07, 6.45) is 6.27. The van der Waals surface area contributed by atoms with Gasteiger partial charge in [-0.05, 0) is 37.6 Å². The molecule has 0 bridgehead atoms. The summed E-state index contributed by atoms with van der Waals surface area (Å²) in [5.74, 6) is 0.845. The molecule has 1 amide bonds. The number of pyridine rings is 1. The summed E-state index contributed by atoms with van der Waals surface area (Å²) >= 11 is 0. The molecule has 152 valence electrons. The van der Waals surface area contributed by atoms with Crippen LogP contribution in [-0.2, 0) is 6.54 Å². The number of hydrogen-bond donors (Lipinski definition) is 1. The third-order valence-corrected chi connectivity index (χ3v) is 4.23. The number of anilines is 1. The minimum absolute atomic E-state index is 0.0278. The van der Waals surface area contributed by atoms with Crippen LogP contribution in [0.5, 0.6) is 11.8 Å². The maximum Gasteiger partial charge on any atom is 0.304 e. The van der Waals surface area contributed by atoms with Crippen molar-refractivity contribution >= 4 is 11.7 Å². The Bertz CT molecular complexity index is 818. The van der Waals surface area contributed by atoms with Crippen LogP contribution < -0.4 is 9.64 Å². The van der Waals surface area contributed by atoms with Gasteiger partial charge in [0.1, 0.15) is 5.75 Å². The topological polar surface area (TPSA) is 83.7 Å². The van der Waals surface area contributed by atoms with Crippen molar-refractivity contribution in [3.05, 3.63) is 42.5 Å². The molecule has 0 aliphatic rings. The zero-order valence-electron chi connectivity index (χ0n) is 17.1. The number of carbonyl (C=O) groups excluding carboxylic acids is 1. The number of carbonyl (C=O) groups is 1. The molecule has 2 heterocycles. The van der Waals surface area contributed by atoms with Gasteiger partial charge in [0.2, 0.25) is 0 Å². The van der Waals surface area contributed by atoms with E-state index in [1.807, 2.05) is 19.9 Å². The Labute approximate surface area is 166 Å². The van der Waals surface area contributed by atoms with Gasteiger partial charge in [-0.2, -0.15) is 4.98 Å². The van der Waals surface area contributed by atoms with Gasteiger partial charge >= 0.3 is 6.01 Å². The largest absolute Gasteiger partial charge is 0.424 e. The second-order valence-corrected chi connectivity index (χ2v) is 6.62. The molecule has 0 saturated carbocycles. The molecule has 0 atom stereocenters. The minimum atomic E-state index is -0.185. The first-order valence-electron chi connectivity index (χ1n) is 9.34. The van der Waals surface area contributed by atoms with E-state index < -0.39 is 0 Å². The van der Waals surface area contributed by atoms with Gasteiger partial charge in [0.05, 0.1) is 6.20 Å². The van der Waals surface area contributed by atoms with Gasteiger partial charge in [-0.3, -0.25) is 14.3 Å². The number of aliphatic hydroxyl groups excluding tert-OH is 1. The van der Waals surface area contributed by atoms with E-state index in [-0.39, 0.29) is 12.5 Å². The smallest absolute Gasteiger partial charge is 0.304 e. The Hall–Kier alpha value is -2.87. The van der Waals surface area contributed by atoms with Crippen molar-refractivity contribution < 1.29 is 14.6 Å². The molecule has 0 unspecified atom stereocenters. The summed E-state index contributed by atoms with van der Waals surface area (Å²) in [5.41, 5.74) is 1.40. The lowest BCUT2D eigenvalue weighted by Crippen LogP contribution is -2.31. The van der Waals surface area contributed by atoms with Gasteiger partial charge in [0.15, 0.2) is 11.5 Å². The summed E-state index contributed by atoms with van der Waals surface area (Å²) < 4.78 is 7.77. The highest BCUT2D eigenvalue weighted by molar-refractivity contribution is 5.98. The van der Waals surface area contributed by atoms with Crippen LogP contribution in [0.4, 0.5) is 5.82 Å². The molecule has 1 N–H and O–H groups in total. The molecule has 8 nitrogen and oxygen atoms in total. The maximum atomic E-state index is 13.2. The Morgan fingerprint density at radius 3 is 2.75 bits per heavy atom. The van der Waals surface area contributed by atoms with E-state index in [2.05, 4.69) is 16.5 Å². The molecule has 2 aromatic heterocycles. The molecule has 0 spiro atoms. The lowest BCUT2D eigenvalue weighted by Gasteiger charge is -2.20. The van der Waals surface area contributed by atoms with E-state index in [4.69, 9.17) is 9.84 Å². The van der Waals surface area contributed by atoms with Crippen LogP contribution in [0.25, 0.3) is 0 Å². The third-order valence-electron chi connectivity index (χ3n) is 4.23. The van der Waals surface area contributed by atoms with Crippen LogP contribution in [0.2, 0.25) is 0 Å². The molecular formula is C20H29N5O3. The first-order valence-corrected chi connectivity index (χ1v) is 9.34. The summed E-state index contributed by atoms with van der Waals surface area (Å²) in [4.78, 5) is 25.2. The number of ether oxygens (including phenoxy) is 1. The molecule has 0 aromatic carbocycles. The van der Waals surface area contributed by atoms with Crippen LogP contribution in [-0.4, -0.2) is 57.7 Å². The second kappa shape index (κ2) is 9.89. The number of hydrogen-bond acceptors (Lipinski definition) is 6.